The van der Waals surface area contributed by atoms with Crippen molar-refractivity contribution >= 4 is 28.2 Å². The molecule has 0 aromatic heterocycles. The van der Waals surface area contributed by atoms with Crippen LogP contribution in [0.15, 0.2) is 36.4 Å². The fraction of sp³-hybridized carbons (Fsp3) is 0.0833. The van der Waals surface area contributed by atoms with Crippen molar-refractivity contribution in [3.63, 3.8) is 0 Å². The monoisotopic (exact) mass is 204 g/mol. The van der Waals surface area contributed by atoms with Gasteiger partial charge in [-0.25, -0.2) is 0 Å². The average molecular weight is 205 g/mol. The summed E-state index contributed by atoms with van der Waals surface area (Å²) in [7, 11) is 0. The number of carbonyl (C=O) groups is 1. The zero-order valence-electron chi connectivity index (χ0n) is 7.75. The van der Waals surface area contributed by atoms with Gasteiger partial charge in [-0.2, -0.15) is 0 Å². The summed E-state index contributed by atoms with van der Waals surface area (Å²) in [6.07, 6.45) is 0. The Kier molecular flexibility index (Phi) is 2.26. The van der Waals surface area contributed by atoms with Crippen molar-refractivity contribution in [2.45, 2.75) is 6.92 Å². The molecule has 0 spiro atoms. The summed E-state index contributed by atoms with van der Waals surface area (Å²) in [5, 5.41) is 2.49. The molecule has 0 atom stereocenters. The molecular weight excluding hydrogens is 196 g/mol. The molecule has 0 aliphatic heterocycles. The summed E-state index contributed by atoms with van der Waals surface area (Å²) in [4.78, 5) is 11.4. The molecule has 0 N–H and O–H groups in total. The van der Waals surface area contributed by atoms with Crippen molar-refractivity contribution in [3.8, 4) is 0 Å². The Bertz CT molecular complexity index is 497. The van der Waals surface area contributed by atoms with Crippen LogP contribution in [0.3, 0.4) is 0 Å². The van der Waals surface area contributed by atoms with Crippen molar-refractivity contribution in [2.24, 2.45) is 0 Å². The number of benzene rings is 2. The molecule has 0 amide bonds. The Labute approximate surface area is 87.3 Å². The molecule has 70 valence electrons. The summed E-state index contributed by atoms with van der Waals surface area (Å²) in [6.45, 7) is 1.55. The zero-order chi connectivity index (χ0) is 10.1. The van der Waals surface area contributed by atoms with Crippen molar-refractivity contribution in [3.05, 3.63) is 47.0 Å². The van der Waals surface area contributed by atoms with Gasteiger partial charge in [0, 0.05) is 16.0 Å². The molecule has 0 bridgehead atoms. The van der Waals surface area contributed by atoms with E-state index < -0.39 is 0 Å². The topological polar surface area (TPSA) is 17.1 Å². The van der Waals surface area contributed by atoms with Gasteiger partial charge in [-0.1, -0.05) is 41.9 Å². The van der Waals surface area contributed by atoms with Gasteiger partial charge in [0.15, 0.2) is 5.78 Å². The maximum atomic E-state index is 11.4. The zero-order valence-corrected chi connectivity index (χ0v) is 8.51. The van der Waals surface area contributed by atoms with Crippen LogP contribution in [0.1, 0.15) is 17.3 Å². The van der Waals surface area contributed by atoms with Crippen LogP contribution >= 0.6 is 11.6 Å². The lowest BCUT2D eigenvalue weighted by Crippen LogP contribution is -1.93. The minimum Gasteiger partial charge on any atom is -0.294 e. The van der Waals surface area contributed by atoms with Crippen molar-refractivity contribution < 1.29 is 4.79 Å². The molecular formula is C12H9ClO. The van der Waals surface area contributed by atoms with Gasteiger partial charge in [0.1, 0.15) is 0 Å². The second-order valence-corrected chi connectivity index (χ2v) is 3.61. The van der Waals surface area contributed by atoms with E-state index >= 15 is 0 Å². The Morgan fingerprint density at radius 1 is 1.14 bits per heavy atom. The Hall–Kier alpha value is -1.34. The number of ketones is 1. The summed E-state index contributed by atoms with van der Waals surface area (Å²) < 4.78 is 0. The normalized spacial score (nSPS) is 10.4. The molecule has 14 heavy (non-hydrogen) atoms. The number of halogens is 1. The molecule has 2 heteroatoms. The number of Topliss-reactive ketones (excluding diaryl/α,β-unsaturated/α-hetero) is 1. The molecule has 2 aromatic carbocycles. The molecule has 0 radical (unpaired) electrons. The van der Waals surface area contributed by atoms with Crippen LogP contribution in [0.4, 0.5) is 0 Å². The van der Waals surface area contributed by atoms with Gasteiger partial charge in [-0.05, 0) is 18.4 Å². The molecule has 0 saturated heterocycles. The van der Waals surface area contributed by atoms with Gasteiger partial charge in [0.05, 0.1) is 0 Å². The first-order chi connectivity index (χ1) is 6.70. The summed E-state index contributed by atoms with van der Waals surface area (Å²) in [5.41, 5.74) is 0.688. The fourth-order valence-corrected chi connectivity index (χ4v) is 1.87. The van der Waals surface area contributed by atoms with E-state index in [1.807, 2.05) is 24.3 Å². The second-order valence-electron chi connectivity index (χ2n) is 3.20. The lowest BCUT2D eigenvalue weighted by molar-refractivity contribution is 0.101. The summed E-state index contributed by atoms with van der Waals surface area (Å²) >= 11 is 6.05. The Balaban J connectivity index is 2.91. The third-order valence-corrected chi connectivity index (χ3v) is 2.55. The van der Waals surface area contributed by atoms with Crippen molar-refractivity contribution in [2.75, 3.05) is 0 Å². The molecule has 0 aliphatic carbocycles. The van der Waals surface area contributed by atoms with E-state index in [1.54, 1.807) is 19.1 Å². The van der Waals surface area contributed by atoms with Crippen molar-refractivity contribution in [1.29, 1.82) is 0 Å². The van der Waals surface area contributed by atoms with Crippen LogP contribution in [-0.2, 0) is 0 Å². The first-order valence-electron chi connectivity index (χ1n) is 4.38. The van der Waals surface area contributed by atoms with Crippen LogP contribution in [0, 0.1) is 0 Å². The largest absolute Gasteiger partial charge is 0.294 e. The quantitative estimate of drug-likeness (QED) is 0.648. The highest BCUT2D eigenvalue weighted by molar-refractivity contribution is 6.36. The van der Waals surface area contributed by atoms with E-state index in [4.69, 9.17) is 11.6 Å². The van der Waals surface area contributed by atoms with Gasteiger partial charge < -0.3 is 0 Å². The number of rotatable bonds is 1. The van der Waals surface area contributed by atoms with E-state index in [9.17, 15) is 4.79 Å². The maximum absolute atomic E-state index is 11.4. The maximum Gasteiger partial charge on any atom is 0.160 e. The molecule has 2 aromatic rings. The van der Waals surface area contributed by atoms with E-state index in [0.29, 0.717) is 10.6 Å². The van der Waals surface area contributed by atoms with Crippen LogP contribution < -0.4 is 0 Å². The molecule has 2 rings (SSSR count). The smallest absolute Gasteiger partial charge is 0.160 e. The van der Waals surface area contributed by atoms with Gasteiger partial charge in [-0.15, -0.1) is 0 Å². The van der Waals surface area contributed by atoms with Crippen molar-refractivity contribution in [1.82, 2.24) is 0 Å². The van der Waals surface area contributed by atoms with E-state index in [-0.39, 0.29) is 5.78 Å². The second kappa shape index (κ2) is 3.43. The standard InChI is InChI=1S/C12H9ClO/c1-8(14)10-6-2-4-9-5-3-7-11(13)12(9)10/h2-7H,1H3. The Morgan fingerprint density at radius 3 is 2.43 bits per heavy atom. The molecule has 0 fully saturated rings. The van der Waals surface area contributed by atoms with Gasteiger partial charge in [-0.3, -0.25) is 4.79 Å². The van der Waals surface area contributed by atoms with E-state index in [2.05, 4.69) is 0 Å². The highest BCUT2D eigenvalue weighted by Gasteiger charge is 2.07. The number of fused-ring (bicyclic) bond motifs is 1. The minimum absolute atomic E-state index is 0.0451. The molecule has 0 saturated carbocycles. The lowest BCUT2D eigenvalue weighted by atomic mass is 10.0. The number of hydrogen-bond donors (Lipinski definition) is 0. The first-order valence-corrected chi connectivity index (χ1v) is 4.76. The molecule has 0 unspecified atom stereocenters. The third-order valence-electron chi connectivity index (χ3n) is 2.23. The molecule has 1 nitrogen and oxygen atoms in total. The van der Waals surface area contributed by atoms with Crippen LogP contribution in [0.2, 0.25) is 5.02 Å². The van der Waals surface area contributed by atoms with Gasteiger partial charge >= 0.3 is 0 Å². The van der Waals surface area contributed by atoms with Gasteiger partial charge in [0.25, 0.3) is 0 Å². The number of hydrogen-bond acceptors (Lipinski definition) is 1. The predicted molar refractivity (Wildman–Crippen MR) is 59.0 cm³/mol. The highest BCUT2D eigenvalue weighted by Crippen LogP contribution is 2.26. The SMILES string of the molecule is CC(=O)c1cccc2cccc(Cl)c12. The molecule has 0 aliphatic rings. The lowest BCUT2D eigenvalue weighted by Gasteiger charge is -2.04. The minimum atomic E-state index is 0.0451. The van der Waals surface area contributed by atoms with Crippen LogP contribution in [0.25, 0.3) is 10.8 Å². The number of carbonyl (C=O) groups excluding carboxylic acids is 1. The molecule has 0 heterocycles. The van der Waals surface area contributed by atoms with E-state index in [1.165, 1.54) is 0 Å². The fourth-order valence-electron chi connectivity index (χ4n) is 1.59. The first kappa shape index (κ1) is 9.22. The Morgan fingerprint density at radius 2 is 1.79 bits per heavy atom. The van der Waals surface area contributed by atoms with E-state index in [0.717, 1.165) is 10.8 Å². The third kappa shape index (κ3) is 1.40. The van der Waals surface area contributed by atoms with Crippen LogP contribution in [0.5, 0.6) is 0 Å². The average Bonchev–Trinajstić information content (AvgIpc) is 2.17. The van der Waals surface area contributed by atoms with Gasteiger partial charge in [0.2, 0.25) is 0 Å². The van der Waals surface area contributed by atoms with Crippen LogP contribution in [-0.4, -0.2) is 5.78 Å². The summed E-state index contributed by atoms with van der Waals surface area (Å²) in [6, 6.07) is 11.3. The summed E-state index contributed by atoms with van der Waals surface area (Å²) in [5.74, 6) is 0.0451. The highest BCUT2D eigenvalue weighted by atomic mass is 35.5. The predicted octanol–water partition coefficient (Wildman–Crippen LogP) is 3.70.